The molecule has 5 aromatic carbocycles. The molecule has 0 saturated carbocycles. The maximum atomic E-state index is 3.24. The van der Waals surface area contributed by atoms with E-state index in [4.69, 9.17) is 0 Å². The Morgan fingerprint density at radius 1 is 0.500 bits per heavy atom. The Morgan fingerprint density at radius 3 is 1.82 bits per heavy atom. The largest absolute Gasteiger partial charge is 0.0616 e. The molecule has 0 nitrogen and oxygen atoms in total. The maximum Gasteiger partial charge on any atom is -0.00201 e. The van der Waals surface area contributed by atoms with Crippen LogP contribution in [0.3, 0.4) is 0 Å². The molecule has 0 atom stereocenters. The third-order valence-corrected chi connectivity index (χ3v) is 4.57. The molecule has 22 heavy (non-hydrogen) atoms. The summed E-state index contributed by atoms with van der Waals surface area (Å²) in [6.07, 6.45) is 0. The molecular formula is C22H13. The molecule has 0 fully saturated rings. The quantitative estimate of drug-likeness (QED) is 0.300. The van der Waals surface area contributed by atoms with E-state index in [9.17, 15) is 0 Å². The van der Waals surface area contributed by atoms with Crippen LogP contribution in [-0.2, 0) is 0 Å². The SMILES string of the molecule is [c]1ccc2ccc3c4ccccc4c4ccccc4c3c2c1. The van der Waals surface area contributed by atoms with E-state index < -0.39 is 0 Å². The first-order valence-electron chi connectivity index (χ1n) is 7.55. The summed E-state index contributed by atoms with van der Waals surface area (Å²) in [4.78, 5) is 0. The molecule has 0 aliphatic rings. The Hall–Kier alpha value is -2.86. The van der Waals surface area contributed by atoms with Crippen molar-refractivity contribution in [2.75, 3.05) is 0 Å². The van der Waals surface area contributed by atoms with Crippen LogP contribution in [0.1, 0.15) is 0 Å². The molecule has 0 N–H and O–H groups in total. The Bertz CT molecular complexity index is 1120. The van der Waals surface area contributed by atoms with Gasteiger partial charge in [-0.2, -0.15) is 0 Å². The molecule has 5 aromatic rings. The molecule has 0 aliphatic carbocycles. The van der Waals surface area contributed by atoms with Gasteiger partial charge in [0.05, 0.1) is 0 Å². The van der Waals surface area contributed by atoms with E-state index >= 15 is 0 Å². The molecule has 1 radical (unpaired) electrons. The minimum Gasteiger partial charge on any atom is -0.0616 e. The third-order valence-electron chi connectivity index (χ3n) is 4.57. The van der Waals surface area contributed by atoms with Crippen molar-refractivity contribution in [3.05, 3.63) is 84.9 Å². The van der Waals surface area contributed by atoms with E-state index in [1.54, 1.807) is 0 Å². The zero-order chi connectivity index (χ0) is 14.5. The first kappa shape index (κ1) is 11.8. The van der Waals surface area contributed by atoms with Gasteiger partial charge in [-0.05, 0) is 55.2 Å². The first-order chi connectivity index (χ1) is 10.9. The van der Waals surface area contributed by atoms with Crippen LogP contribution in [0.15, 0.2) is 78.9 Å². The third kappa shape index (κ3) is 1.47. The van der Waals surface area contributed by atoms with Gasteiger partial charge in [-0.1, -0.05) is 72.8 Å². The van der Waals surface area contributed by atoms with Crippen LogP contribution in [0, 0.1) is 6.07 Å². The fraction of sp³-hybridized carbons (Fsp3) is 0. The van der Waals surface area contributed by atoms with Crippen molar-refractivity contribution in [3.63, 3.8) is 0 Å². The standard InChI is InChI=1S/C22H13/c1-2-8-16-15(7-1)13-14-21-19-11-4-3-9-17(19)18-10-5-6-12-20(18)22(16)21/h1,3-14H. The number of benzene rings is 5. The van der Waals surface area contributed by atoms with Crippen molar-refractivity contribution in [1.29, 1.82) is 0 Å². The van der Waals surface area contributed by atoms with Crippen molar-refractivity contribution >= 4 is 43.1 Å². The summed E-state index contributed by atoms with van der Waals surface area (Å²) in [5.41, 5.74) is 0. The zero-order valence-corrected chi connectivity index (χ0v) is 12.0. The summed E-state index contributed by atoms with van der Waals surface area (Å²) in [5.74, 6) is 0. The van der Waals surface area contributed by atoms with E-state index in [2.05, 4.69) is 78.9 Å². The van der Waals surface area contributed by atoms with Gasteiger partial charge in [0.1, 0.15) is 0 Å². The predicted octanol–water partition coefficient (Wildman–Crippen LogP) is 6.10. The lowest BCUT2D eigenvalue weighted by Gasteiger charge is -2.12. The second kappa shape index (κ2) is 4.32. The highest BCUT2D eigenvalue weighted by Crippen LogP contribution is 2.38. The van der Waals surface area contributed by atoms with Crippen molar-refractivity contribution in [1.82, 2.24) is 0 Å². The lowest BCUT2D eigenvalue weighted by molar-refractivity contribution is 1.77. The number of fused-ring (bicyclic) bond motifs is 8. The highest BCUT2D eigenvalue weighted by molar-refractivity contribution is 6.31. The van der Waals surface area contributed by atoms with Gasteiger partial charge in [-0.25, -0.2) is 0 Å². The normalized spacial score (nSPS) is 11.6. The summed E-state index contributed by atoms with van der Waals surface area (Å²) in [5, 5.41) is 10.5. The van der Waals surface area contributed by atoms with Crippen LogP contribution in [0.5, 0.6) is 0 Å². The first-order valence-corrected chi connectivity index (χ1v) is 7.55. The van der Waals surface area contributed by atoms with Crippen molar-refractivity contribution in [2.24, 2.45) is 0 Å². The van der Waals surface area contributed by atoms with Crippen LogP contribution in [-0.4, -0.2) is 0 Å². The summed E-state index contributed by atoms with van der Waals surface area (Å²) < 4.78 is 0. The molecular weight excluding hydrogens is 264 g/mol. The monoisotopic (exact) mass is 277 g/mol. The summed E-state index contributed by atoms with van der Waals surface area (Å²) >= 11 is 0. The number of hydrogen-bond acceptors (Lipinski definition) is 0. The van der Waals surface area contributed by atoms with Gasteiger partial charge < -0.3 is 0 Å². The van der Waals surface area contributed by atoms with Crippen LogP contribution in [0.4, 0.5) is 0 Å². The van der Waals surface area contributed by atoms with E-state index in [-0.39, 0.29) is 0 Å². The molecule has 101 valence electrons. The minimum absolute atomic E-state index is 1.27. The van der Waals surface area contributed by atoms with Crippen LogP contribution < -0.4 is 0 Å². The fourth-order valence-corrected chi connectivity index (χ4v) is 3.61. The molecule has 0 amide bonds. The average molecular weight is 277 g/mol. The number of hydrogen-bond donors (Lipinski definition) is 0. The molecule has 0 bridgehead atoms. The molecule has 0 aliphatic heterocycles. The van der Waals surface area contributed by atoms with E-state index in [0.29, 0.717) is 0 Å². The maximum absolute atomic E-state index is 3.24. The van der Waals surface area contributed by atoms with Gasteiger partial charge in [-0.3, -0.25) is 0 Å². The molecule has 0 unspecified atom stereocenters. The van der Waals surface area contributed by atoms with Gasteiger partial charge in [0, 0.05) is 0 Å². The smallest absolute Gasteiger partial charge is 0.00201 e. The fourth-order valence-electron chi connectivity index (χ4n) is 3.61. The summed E-state index contributed by atoms with van der Waals surface area (Å²) in [6, 6.07) is 31.3. The topological polar surface area (TPSA) is 0 Å². The van der Waals surface area contributed by atoms with Crippen molar-refractivity contribution in [2.45, 2.75) is 0 Å². The van der Waals surface area contributed by atoms with E-state index in [0.717, 1.165) is 0 Å². The van der Waals surface area contributed by atoms with Gasteiger partial charge in [0.2, 0.25) is 0 Å². The van der Waals surface area contributed by atoms with Gasteiger partial charge in [0.15, 0.2) is 0 Å². The van der Waals surface area contributed by atoms with Crippen molar-refractivity contribution < 1.29 is 0 Å². The second-order valence-corrected chi connectivity index (χ2v) is 5.73. The summed E-state index contributed by atoms with van der Waals surface area (Å²) in [7, 11) is 0. The van der Waals surface area contributed by atoms with Gasteiger partial charge in [0.25, 0.3) is 0 Å². The summed E-state index contributed by atoms with van der Waals surface area (Å²) in [6.45, 7) is 0. The van der Waals surface area contributed by atoms with E-state index in [1.807, 2.05) is 6.07 Å². The predicted molar refractivity (Wildman–Crippen MR) is 95.3 cm³/mol. The Kier molecular flexibility index (Phi) is 2.31. The minimum atomic E-state index is 1.27. The number of rotatable bonds is 0. The van der Waals surface area contributed by atoms with Crippen LogP contribution in [0.25, 0.3) is 43.1 Å². The lowest BCUT2D eigenvalue weighted by Crippen LogP contribution is -1.84. The highest BCUT2D eigenvalue weighted by Gasteiger charge is 2.10. The van der Waals surface area contributed by atoms with Crippen molar-refractivity contribution in [3.8, 4) is 0 Å². The molecule has 0 saturated heterocycles. The van der Waals surface area contributed by atoms with Crippen LogP contribution >= 0.6 is 0 Å². The second-order valence-electron chi connectivity index (χ2n) is 5.73. The molecule has 0 aromatic heterocycles. The van der Waals surface area contributed by atoms with E-state index in [1.165, 1.54) is 43.1 Å². The van der Waals surface area contributed by atoms with Gasteiger partial charge in [-0.15, -0.1) is 0 Å². The highest BCUT2D eigenvalue weighted by atomic mass is 14.1. The van der Waals surface area contributed by atoms with Gasteiger partial charge >= 0.3 is 0 Å². The lowest BCUT2D eigenvalue weighted by atomic mass is 9.91. The zero-order valence-electron chi connectivity index (χ0n) is 12.0. The average Bonchev–Trinajstić information content (AvgIpc) is 2.61. The molecule has 0 heteroatoms. The Labute approximate surface area is 128 Å². The molecule has 0 spiro atoms. The molecule has 5 rings (SSSR count). The Morgan fingerprint density at radius 2 is 1.09 bits per heavy atom. The molecule has 0 heterocycles. The Balaban J connectivity index is 2.24. The van der Waals surface area contributed by atoms with Crippen LogP contribution in [0.2, 0.25) is 0 Å².